The molecule has 0 saturated heterocycles. The van der Waals surface area contributed by atoms with Gasteiger partial charge in [0.05, 0.1) is 13.7 Å². The number of benzene rings is 2. The van der Waals surface area contributed by atoms with Crippen molar-refractivity contribution in [2.24, 2.45) is 0 Å². The maximum Gasteiger partial charge on any atom is 0.275 e. The molecule has 1 aliphatic rings. The molecule has 5 nitrogen and oxygen atoms in total. The summed E-state index contributed by atoms with van der Waals surface area (Å²) in [6, 6.07) is 10.4. The topological polar surface area (TPSA) is 52.0 Å². The van der Waals surface area contributed by atoms with Gasteiger partial charge in [0, 0.05) is 29.7 Å². The lowest BCUT2D eigenvalue weighted by atomic mass is 10.1. The zero-order valence-electron chi connectivity index (χ0n) is 16.7. The molecular weight excluding hydrogens is 359 g/mol. The van der Waals surface area contributed by atoms with Crippen molar-refractivity contribution >= 4 is 5.91 Å². The van der Waals surface area contributed by atoms with Gasteiger partial charge in [0.25, 0.3) is 5.91 Å². The first-order valence-corrected chi connectivity index (χ1v) is 9.72. The number of carbonyl (C=O) groups is 1. The van der Waals surface area contributed by atoms with E-state index in [0.29, 0.717) is 26.2 Å². The monoisotopic (exact) mass is 387 g/mol. The smallest absolute Gasteiger partial charge is 0.275 e. The molecule has 2 atom stereocenters. The van der Waals surface area contributed by atoms with Crippen molar-refractivity contribution in [1.29, 1.82) is 0 Å². The summed E-state index contributed by atoms with van der Waals surface area (Å²) < 4.78 is 24.6. The Morgan fingerprint density at radius 1 is 1.32 bits per heavy atom. The normalized spacial score (nSPS) is 16.2. The molecule has 0 bridgehead atoms. The summed E-state index contributed by atoms with van der Waals surface area (Å²) in [6.07, 6.45) is 1.04. The number of fused-ring (bicyclic) bond motifs is 1. The predicted molar refractivity (Wildman–Crippen MR) is 105 cm³/mol. The van der Waals surface area contributed by atoms with Crippen molar-refractivity contribution in [3.63, 3.8) is 0 Å². The number of rotatable bonds is 8. The van der Waals surface area contributed by atoms with Crippen LogP contribution in [0.2, 0.25) is 0 Å². The van der Waals surface area contributed by atoms with Crippen LogP contribution in [0.4, 0.5) is 4.39 Å². The highest BCUT2D eigenvalue weighted by atomic mass is 19.1. The van der Waals surface area contributed by atoms with Gasteiger partial charge in [-0.2, -0.15) is 0 Å². The number of ether oxygens (including phenoxy) is 2. The van der Waals surface area contributed by atoms with Crippen LogP contribution in [0.1, 0.15) is 30.5 Å². The Morgan fingerprint density at radius 2 is 2.07 bits per heavy atom. The maximum absolute atomic E-state index is 13.0. The Morgan fingerprint density at radius 3 is 2.79 bits per heavy atom. The maximum atomic E-state index is 13.0. The fraction of sp³-hybridized carbons (Fsp3) is 0.409. The van der Waals surface area contributed by atoms with E-state index in [1.807, 2.05) is 33.0 Å². The molecule has 150 valence electrons. The molecule has 1 amide bonds. The summed E-state index contributed by atoms with van der Waals surface area (Å²) >= 11 is 0. The minimum absolute atomic E-state index is 0.0446. The second-order valence-electron chi connectivity index (χ2n) is 7.35. The summed E-state index contributed by atoms with van der Waals surface area (Å²) in [5.74, 6) is 1.37. The highest BCUT2D eigenvalue weighted by Gasteiger charge is 2.22. The Hall–Kier alpha value is -2.60. The summed E-state index contributed by atoms with van der Waals surface area (Å²) in [5.41, 5.74) is 3.06. The van der Waals surface area contributed by atoms with Gasteiger partial charge in [-0.25, -0.2) is 4.39 Å². The van der Waals surface area contributed by atoms with Crippen LogP contribution in [0.5, 0.6) is 11.5 Å². The Balaban J connectivity index is 1.56. The van der Waals surface area contributed by atoms with Crippen LogP contribution in [-0.2, 0) is 24.3 Å². The van der Waals surface area contributed by atoms with Crippen LogP contribution in [-0.4, -0.2) is 32.2 Å². The molecule has 6 heteroatoms. The van der Waals surface area contributed by atoms with E-state index in [1.54, 1.807) is 12.1 Å². The van der Waals surface area contributed by atoms with Crippen LogP contribution in [0.25, 0.3) is 0 Å². The number of likely N-dealkylation sites (N-methyl/N-ethyl adjacent to an activating group) is 1. The number of halogens is 1. The van der Waals surface area contributed by atoms with Gasteiger partial charge in [0.1, 0.15) is 30.0 Å². The highest BCUT2D eigenvalue weighted by Crippen LogP contribution is 2.35. The van der Waals surface area contributed by atoms with Gasteiger partial charge >= 0.3 is 0 Å². The summed E-state index contributed by atoms with van der Waals surface area (Å²) in [7, 11) is 1.94. The minimum atomic E-state index is -0.253. The lowest BCUT2D eigenvalue weighted by Gasteiger charge is -2.16. The summed E-state index contributed by atoms with van der Waals surface area (Å²) in [6.45, 7) is 5.94. The first kappa shape index (κ1) is 20.1. The number of nitrogens with one attached hydrogen (secondary N) is 2. The van der Waals surface area contributed by atoms with Crippen LogP contribution in [0.15, 0.2) is 36.4 Å². The van der Waals surface area contributed by atoms with Crippen LogP contribution in [0, 0.1) is 5.82 Å². The van der Waals surface area contributed by atoms with Gasteiger partial charge in [-0.15, -0.1) is 0 Å². The van der Waals surface area contributed by atoms with E-state index in [-0.39, 0.29) is 17.8 Å². The molecule has 1 aliphatic heterocycles. The standard InChI is InChI=1S/C22H27FN2O3/c1-4-27-20-10-17-9-15(2)28-21(17)11-18(20)12-24-22(26)14-25(3)13-16-5-7-19(23)8-6-16/h5-8,10-11,15H,4,9,12-14H2,1-3H3,(H,24,26)/p+1/t15-/m1/s1. The molecule has 2 N–H and O–H groups in total. The second-order valence-corrected chi connectivity index (χ2v) is 7.35. The number of amides is 1. The van der Waals surface area contributed by atoms with Crippen molar-refractivity contribution in [3.05, 3.63) is 58.9 Å². The van der Waals surface area contributed by atoms with Gasteiger partial charge in [0.2, 0.25) is 0 Å². The number of hydrogen-bond acceptors (Lipinski definition) is 3. The van der Waals surface area contributed by atoms with Crippen molar-refractivity contribution in [1.82, 2.24) is 5.32 Å². The predicted octanol–water partition coefficient (Wildman–Crippen LogP) is 1.88. The number of carbonyl (C=O) groups excluding carboxylic acids is 1. The fourth-order valence-electron chi connectivity index (χ4n) is 3.45. The fourth-order valence-corrected chi connectivity index (χ4v) is 3.45. The van der Waals surface area contributed by atoms with Gasteiger partial charge in [-0.1, -0.05) is 12.1 Å². The van der Waals surface area contributed by atoms with E-state index in [1.165, 1.54) is 12.1 Å². The molecule has 28 heavy (non-hydrogen) atoms. The third-order valence-electron chi connectivity index (χ3n) is 4.74. The molecular formula is C22H28FN2O3+. The average Bonchev–Trinajstić information content (AvgIpc) is 3.00. The third kappa shape index (κ3) is 5.23. The molecule has 0 spiro atoms. The lowest BCUT2D eigenvalue weighted by molar-refractivity contribution is -0.885. The van der Waals surface area contributed by atoms with E-state index >= 15 is 0 Å². The first-order valence-electron chi connectivity index (χ1n) is 9.72. The molecule has 0 radical (unpaired) electrons. The van der Waals surface area contributed by atoms with Crippen LogP contribution < -0.4 is 19.7 Å². The van der Waals surface area contributed by atoms with E-state index < -0.39 is 0 Å². The quantitative estimate of drug-likeness (QED) is 0.727. The number of quaternary nitrogens is 1. The van der Waals surface area contributed by atoms with Crippen molar-refractivity contribution < 1.29 is 23.6 Å². The van der Waals surface area contributed by atoms with E-state index in [4.69, 9.17) is 9.47 Å². The highest BCUT2D eigenvalue weighted by molar-refractivity contribution is 5.76. The van der Waals surface area contributed by atoms with E-state index in [0.717, 1.165) is 39.5 Å². The summed E-state index contributed by atoms with van der Waals surface area (Å²) in [5, 5.41) is 2.97. The molecule has 1 heterocycles. The van der Waals surface area contributed by atoms with Gasteiger partial charge in [-0.05, 0) is 38.1 Å². The molecule has 2 aromatic carbocycles. The average molecular weight is 387 g/mol. The molecule has 0 saturated carbocycles. The van der Waals surface area contributed by atoms with Crippen molar-refractivity contribution in [3.8, 4) is 11.5 Å². The Kier molecular flexibility index (Phi) is 6.52. The largest absolute Gasteiger partial charge is 0.494 e. The van der Waals surface area contributed by atoms with E-state index in [2.05, 4.69) is 5.32 Å². The van der Waals surface area contributed by atoms with Gasteiger partial charge in [-0.3, -0.25) is 4.79 Å². The van der Waals surface area contributed by atoms with Crippen LogP contribution in [0.3, 0.4) is 0 Å². The molecule has 3 rings (SSSR count). The lowest BCUT2D eigenvalue weighted by Crippen LogP contribution is -3.08. The minimum Gasteiger partial charge on any atom is -0.494 e. The summed E-state index contributed by atoms with van der Waals surface area (Å²) in [4.78, 5) is 13.4. The van der Waals surface area contributed by atoms with Gasteiger partial charge < -0.3 is 19.7 Å². The second kappa shape index (κ2) is 9.06. The third-order valence-corrected chi connectivity index (χ3v) is 4.74. The van der Waals surface area contributed by atoms with Crippen LogP contribution >= 0.6 is 0 Å². The SMILES string of the molecule is CCOc1cc2c(cc1CNC(=O)C[NH+](C)Cc1ccc(F)cc1)O[C@H](C)C2. The molecule has 2 aromatic rings. The number of hydrogen-bond donors (Lipinski definition) is 2. The molecule has 1 unspecified atom stereocenters. The van der Waals surface area contributed by atoms with E-state index in [9.17, 15) is 9.18 Å². The zero-order valence-corrected chi connectivity index (χ0v) is 16.7. The van der Waals surface area contributed by atoms with Crippen molar-refractivity contribution in [2.45, 2.75) is 39.5 Å². The first-order chi connectivity index (χ1) is 13.4. The van der Waals surface area contributed by atoms with Crippen molar-refractivity contribution in [2.75, 3.05) is 20.2 Å². The molecule has 0 aromatic heterocycles. The Labute approximate surface area is 165 Å². The molecule has 0 fully saturated rings. The zero-order chi connectivity index (χ0) is 20.1. The van der Waals surface area contributed by atoms with Gasteiger partial charge in [0.15, 0.2) is 6.54 Å². The molecule has 0 aliphatic carbocycles. The Bertz CT molecular complexity index is 823.